The van der Waals surface area contributed by atoms with Crippen molar-refractivity contribution < 1.29 is 9.13 Å². The van der Waals surface area contributed by atoms with Crippen molar-refractivity contribution in [3.8, 4) is 11.6 Å². The molecule has 2 aromatic rings. The zero-order chi connectivity index (χ0) is 17.4. The lowest BCUT2D eigenvalue weighted by Gasteiger charge is -2.13. The van der Waals surface area contributed by atoms with E-state index in [1.54, 1.807) is 24.4 Å². The van der Waals surface area contributed by atoms with E-state index in [0.29, 0.717) is 24.2 Å². The van der Waals surface area contributed by atoms with Crippen molar-refractivity contribution in [1.29, 1.82) is 0 Å². The number of aromatic nitrogens is 1. The topological polar surface area (TPSA) is 58.5 Å². The van der Waals surface area contributed by atoms with Gasteiger partial charge in [0.2, 0.25) is 5.88 Å². The van der Waals surface area contributed by atoms with Gasteiger partial charge in [-0.05, 0) is 50.6 Å². The van der Waals surface area contributed by atoms with E-state index in [1.165, 1.54) is 12.1 Å². The zero-order valence-electron chi connectivity index (χ0n) is 14.2. The van der Waals surface area contributed by atoms with Crippen molar-refractivity contribution in [2.45, 2.75) is 33.4 Å². The minimum absolute atomic E-state index is 0.296. The normalized spacial score (nSPS) is 11.5. The summed E-state index contributed by atoms with van der Waals surface area (Å²) in [6.07, 6.45) is 1.72. The maximum Gasteiger partial charge on any atom is 0.219 e. The first kappa shape index (κ1) is 17.7. The molecule has 0 amide bonds. The third-order valence-corrected chi connectivity index (χ3v) is 3.02. The van der Waals surface area contributed by atoms with Gasteiger partial charge in [0.05, 0.1) is 6.54 Å². The molecule has 2 rings (SSSR count). The molecule has 1 heterocycles. The number of halogens is 1. The first-order chi connectivity index (χ1) is 11.6. The summed E-state index contributed by atoms with van der Waals surface area (Å²) in [5, 5.41) is 6.46. The van der Waals surface area contributed by atoms with Crippen molar-refractivity contribution in [1.82, 2.24) is 15.6 Å². The number of guanidine groups is 1. The second kappa shape index (κ2) is 8.86. The van der Waals surface area contributed by atoms with Crippen LogP contribution in [0.15, 0.2) is 47.6 Å². The van der Waals surface area contributed by atoms with Crippen molar-refractivity contribution in [3.63, 3.8) is 0 Å². The summed E-state index contributed by atoms with van der Waals surface area (Å²) in [4.78, 5) is 8.77. The average Bonchev–Trinajstić information content (AvgIpc) is 2.56. The number of benzene rings is 1. The van der Waals surface area contributed by atoms with Crippen LogP contribution in [0.2, 0.25) is 0 Å². The van der Waals surface area contributed by atoms with Gasteiger partial charge in [-0.2, -0.15) is 0 Å². The SMILES string of the molecule is CCNC(=NCc1ccc(Oc2ccc(F)cc2)nc1)NC(C)C. The Kier molecular flexibility index (Phi) is 6.54. The first-order valence-corrected chi connectivity index (χ1v) is 8.00. The van der Waals surface area contributed by atoms with E-state index in [0.717, 1.165) is 18.1 Å². The molecule has 1 aromatic carbocycles. The Morgan fingerprint density at radius 1 is 1.21 bits per heavy atom. The highest BCUT2D eigenvalue weighted by atomic mass is 19.1. The van der Waals surface area contributed by atoms with E-state index in [9.17, 15) is 4.39 Å². The van der Waals surface area contributed by atoms with Gasteiger partial charge in [-0.3, -0.25) is 0 Å². The molecule has 0 aliphatic heterocycles. The highest BCUT2D eigenvalue weighted by Crippen LogP contribution is 2.19. The smallest absolute Gasteiger partial charge is 0.219 e. The molecular weight excluding hydrogens is 307 g/mol. The third kappa shape index (κ3) is 5.87. The predicted octanol–water partition coefficient (Wildman–Crippen LogP) is 3.48. The lowest BCUT2D eigenvalue weighted by Crippen LogP contribution is -2.40. The molecule has 6 heteroatoms. The van der Waals surface area contributed by atoms with Gasteiger partial charge in [0.1, 0.15) is 11.6 Å². The maximum atomic E-state index is 12.9. The van der Waals surface area contributed by atoms with E-state index in [1.807, 2.05) is 13.0 Å². The quantitative estimate of drug-likeness (QED) is 0.629. The van der Waals surface area contributed by atoms with Crippen LogP contribution in [-0.2, 0) is 6.54 Å². The molecule has 0 unspecified atom stereocenters. The molecule has 2 N–H and O–H groups in total. The Labute approximate surface area is 142 Å². The number of rotatable bonds is 6. The largest absolute Gasteiger partial charge is 0.439 e. The zero-order valence-corrected chi connectivity index (χ0v) is 14.2. The molecule has 0 spiro atoms. The van der Waals surface area contributed by atoms with Crippen LogP contribution in [0.1, 0.15) is 26.3 Å². The molecule has 128 valence electrons. The highest BCUT2D eigenvalue weighted by molar-refractivity contribution is 5.79. The van der Waals surface area contributed by atoms with Crippen molar-refractivity contribution in [3.05, 3.63) is 54.0 Å². The molecule has 24 heavy (non-hydrogen) atoms. The fourth-order valence-corrected chi connectivity index (χ4v) is 1.95. The molecule has 0 atom stereocenters. The molecule has 0 radical (unpaired) electrons. The summed E-state index contributed by atoms with van der Waals surface area (Å²) in [6, 6.07) is 9.83. The molecule has 0 saturated heterocycles. The summed E-state index contributed by atoms with van der Waals surface area (Å²) < 4.78 is 18.4. The number of nitrogens with one attached hydrogen (secondary N) is 2. The van der Waals surface area contributed by atoms with Crippen LogP contribution in [0.5, 0.6) is 11.6 Å². The van der Waals surface area contributed by atoms with Crippen molar-refractivity contribution >= 4 is 5.96 Å². The highest BCUT2D eigenvalue weighted by Gasteiger charge is 2.02. The lowest BCUT2D eigenvalue weighted by atomic mass is 10.3. The summed E-state index contributed by atoms with van der Waals surface area (Å²) in [5.74, 6) is 1.49. The molecular formula is C18H23FN4O. The standard InChI is InChI=1S/C18H23FN4O/c1-4-20-18(23-13(2)3)22-12-14-5-10-17(21-11-14)24-16-8-6-15(19)7-9-16/h5-11,13H,4,12H2,1-3H3,(H2,20,22,23). The van der Waals surface area contributed by atoms with E-state index in [2.05, 4.69) is 34.5 Å². The van der Waals surface area contributed by atoms with E-state index >= 15 is 0 Å². The van der Waals surface area contributed by atoms with E-state index in [4.69, 9.17) is 4.74 Å². The van der Waals surface area contributed by atoms with Gasteiger partial charge in [-0.1, -0.05) is 6.07 Å². The Bertz CT molecular complexity index is 654. The van der Waals surface area contributed by atoms with Crippen LogP contribution in [0.25, 0.3) is 0 Å². The number of pyridine rings is 1. The van der Waals surface area contributed by atoms with Crippen molar-refractivity contribution in [2.24, 2.45) is 4.99 Å². The summed E-state index contributed by atoms with van der Waals surface area (Å²) in [6.45, 7) is 7.49. The summed E-state index contributed by atoms with van der Waals surface area (Å²) >= 11 is 0. The Balaban J connectivity index is 1.96. The predicted molar refractivity (Wildman–Crippen MR) is 93.8 cm³/mol. The van der Waals surface area contributed by atoms with Gasteiger partial charge in [0.25, 0.3) is 0 Å². The molecule has 0 bridgehead atoms. The minimum Gasteiger partial charge on any atom is -0.439 e. The van der Waals surface area contributed by atoms with Gasteiger partial charge in [-0.15, -0.1) is 0 Å². The van der Waals surface area contributed by atoms with Crippen LogP contribution >= 0.6 is 0 Å². The van der Waals surface area contributed by atoms with Crippen LogP contribution in [-0.4, -0.2) is 23.5 Å². The average molecular weight is 330 g/mol. The fraction of sp³-hybridized carbons (Fsp3) is 0.333. The fourth-order valence-electron chi connectivity index (χ4n) is 1.95. The Hall–Kier alpha value is -2.63. The molecule has 1 aromatic heterocycles. The lowest BCUT2D eigenvalue weighted by molar-refractivity contribution is 0.461. The molecule has 5 nitrogen and oxygen atoms in total. The molecule has 0 aliphatic carbocycles. The monoisotopic (exact) mass is 330 g/mol. The van der Waals surface area contributed by atoms with Gasteiger partial charge >= 0.3 is 0 Å². The van der Waals surface area contributed by atoms with Crippen molar-refractivity contribution in [2.75, 3.05) is 6.54 Å². The van der Waals surface area contributed by atoms with Gasteiger partial charge in [0.15, 0.2) is 5.96 Å². The van der Waals surface area contributed by atoms with E-state index in [-0.39, 0.29) is 5.82 Å². The second-order valence-electron chi connectivity index (χ2n) is 5.55. The molecule has 0 fully saturated rings. The third-order valence-electron chi connectivity index (χ3n) is 3.02. The van der Waals surface area contributed by atoms with E-state index < -0.39 is 0 Å². The number of ether oxygens (including phenoxy) is 1. The number of hydrogen-bond acceptors (Lipinski definition) is 3. The van der Waals surface area contributed by atoms with Crippen LogP contribution in [0.4, 0.5) is 4.39 Å². The van der Waals surface area contributed by atoms with Crippen LogP contribution in [0.3, 0.4) is 0 Å². The van der Waals surface area contributed by atoms with Crippen LogP contribution in [0, 0.1) is 5.82 Å². The van der Waals surface area contributed by atoms with Gasteiger partial charge < -0.3 is 15.4 Å². The Morgan fingerprint density at radius 3 is 2.54 bits per heavy atom. The summed E-state index contributed by atoms with van der Waals surface area (Å²) in [5.41, 5.74) is 0.974. The number of nitrogens with zero attached hydrogens (tertiary/aromatic N) is 2. The Morgan fingerprint density at radius 2 is 1.96 bits per heavy atom. The van der Waals surface area contributed by atoms with Crippen LogP contribution < -0.4 is 15.4 Å². The molecule has 0 aliphatic rings. The number of hydrogen-bond donors (Lipinski definition) is 2. The second-order valence-corrected chi connectivity index (χ2v) is 5.55. The van der Waals surface area contributed by atoms with Gasteiger partial charge in [0, 0.05) is 24.8 Å². The number of aliphatic imine (C=N–C) groups is 1. The molecule has 0 saturated carbocycles. The summed E-state index contributed by atoms with van der Waals surface area (Å²) in [7, 11) is 0. The minimum atomic E-state index is -0.296. The van der Waals surface area contributed by atoms with Gasteiger partial charge in [-0.25, -0.2) is 14.4 Å². The maximum absolute atomic E-state index is 12.9. The first-order valence-electron chi connectivity index (χ1n) is 8.00.